The number of nitrogens with zero attached hydrogens (tertiary/aromatic N) is 7. The van der Waals surface area contributed by atoms with Gasteiger partial charge < -0.3 is 14.5 Å². The second kappa shape index (κ2) is 11.2. The van der Waals surface area contributed by atoms with Gasteiger partial charge in [-0.1, -0.05) is 24.3 Å². The highest BCUT2D eigenvalue weighted by Gasteiger charge is 2.27. The molecule has 35 heavy (non-hydrogen) atoms. The molecular weight excluding hydrogens is 442 g/mol. The minimum Gasteiger partial charge on any atom is -0.379 e. The molecule has 0 radical (unpaired) electrons. The van der Waals surface area contributed by atoms with Crippen molar-refractivity contribution in [2.75, 3.05) is 96.7 Å². The van der Waals surface area contributed by atoms with Gasteiger partial charge in [-0.15, -0.1) is 10.2 Å². The maximum atomic E-state index is 13.5. The van der Waals surface area contributed by atoms with Crippen LogP contribution in [0.3, 0.4) is 0 Å². The summed E-state index contributed by atoms with van der Waals surface area (Å²) in [4.78, 5) is 25.2. The van der Waals surface area contributed by atoms with E-state index >= 15 is 0 Å². The number of amides is 1. The Labute approximate surface area is 208 Å². The number of aromatic nitrogens is 2. The van der Waals surface area contributed by atoms with Gasteiger partial charge in [0.25, 0.3) is 5.91 Å². The molecule has 9 nitrogen and oxygen atoms in total. The van der Waals surface area contributed by atoms with Crippen LogP contribution in [0.4, 0.5) is 5.82 Å². The monoisotopic (exact) mass is 481 g/mol. The van der Waals surface area contributed by atoms with Crippen LogP contribution in [0.5, 0.6) is 0 Å². The van der Waals surface area contributed by atoms with E-state index in [1.54, 1.807) is 0 Å². The number of rotatable bonds is 6. The molecule has 1 aromatic heterocycles. The average Bonchev–Trinajstić information content (AvgIpc) is 2.92. The van der Waals surface area contributed by atoms with Gasteiger partial charge in [-0.05, 0) is 13.8 Å². The van der Waals surface area contributed by atoms with Crippen molar-refractivity contribution in [3.63, 3.8) is 0 Å². The fraction of sp³-hybridized carbons (Fsp3) is 0.654. The smallest absolute Gasteiger partial charge is 0.275 e. The lowest BCUT2D eigenvalue weighted by atomic mass is 10.1. The topological polar surface area (TPSA) is 68.3 Å². The number of hydrogen-bond acceptors (Lipinski definition) is 8. The molecule has 3 fully saturated rings. The van der Waals surface area contributed by atoms with Gasteiger partial charge in [0.05, 0.1) is 13.2 Å². The third-order valence-electron chi connectivity index (χ3n) is 7.71. The van der Waals surface area contributed by atoms with Crippen molar-refractivity contribution in [1.82, 2.24) is 29.8 Å². The van der Waals surface area contributed by atoms with Gasteiger partial charge in [-0.3, -0.25) is 19.5 Å². The number of piperazine rings is 2. The highest BCUT2D eigenvalue weighted by atomic mass is 16.5. The summed E-state index contributed by atoms with van der Waals surface area (Å²) in [7, 11) is 0. The number of morpholine rings is 1. The van der Waals surface area contributed by atoms with E-state index in [-0.39, 0.29) is 5.91 Å². The van der Waals surface area contributed by atoms with Crippen LogP contribution in [0.15, 0.2) is 24.3 Å². The van der Waals surface area contributed by atoms with Crippen LogP contribution >= 0.6 is 0 Å². The van der Waals surface area contributed by atoms with E-state index in [0.29, 0.717) is 11.7 Å². The van der Waals surface area contributed by atoms with Crippen LogP contribution in [-0.2, 0) is 4.74 Å². The minimum atomic E-state index is -0.00212. The molecule has 0 atom stereocenters. The van der Waals surface area contributed by atoms with Crippen LogP contribution in [-0.4, -0.2) is 133 Å². The van der Waals surface area contributed by atoms with Crippen molar-refractivity contribution in [2.24, 2.45) is 0 Å². The van der Waals surface area contributed by atoms with Gasteiger partial charge in [0.2, 0.25) is 0 Å². The molecule has 3 saturated heterocycles. The summed E-state index contributed by atoms with van der Waals surface area (Å²) < 4.78 is 5.44. The molecule has 0 N–H and O–H groups in total. The Balaban J connectivity index is 1.23. The van der Waals surface area contributed by atoms with Gasteiger partial charge in [0.1, 0.15) is 0 Å². The fourth-order valence-corrected chi connectivity index (χ4v) is 5.36. The number of benzene rings is 1. The molecule has 0 aliphatic carbocycles. The van der Waals surface area contributed by atoms with E-state index in [2.05, 4.69) is 49.7 Å². The van der Waals surface area contributed by atoms with Crippen molar-refractivity contribution >= 4 is 22.5 Å². The third kappa shape index (κ3) is 5.58. The first-order valence-electron chi connectivity index (χ1n) is 13.2. The Morgan fingerprint density at radius 3 is 2.11 bits per heavy atom. The number of fused-ring (bicyclic) bond motifs is 1. The zero-order valence-electron chi connectivity index (χ0n) is 21.2. The second-order valence-electron chi connectivity index (χ2n) is 10.1. The SMILES string of the molecule is CC(C)N1CCN(c2nnc(C(=O)N3CCN(CCN4CCOCC4)CC3)c3ccccc23)CC1. The molecule has 0 spiro atoms. The minimum absolute atomic E-state index is 0.00212. The molecule has 4 heterocycles. The van der Waals surface area contributed by atoms with Crippen LogP contribution in [0, 0.1) is 0 Å². The van der Waals surface area contributed by atoms with Crippen molar-refractivity contribution in [3.8, 4) is 0 Å². The molecule has 3 aliphatic rings. The quantitative estimate of drug-likeness (QED) is 0.611. The predicted octanol–water partition coefficient (Wildman–Crippen LogP) is 1.25. The molecule has 0 unspecified atom stereocenters. The summed E-state index contributed by atoms with van der Waals surface area (Å²) >= 11 is 0. The van der Waals surface area contributed by atoms with E-state index in [1.807, 2.05) is 23.1 Å². The molecular formula is C26H39N7O2. The number of ether oxygens (including phenoxy) is 1. The van der Waals surface area contributed by atoms with Crippen molar-refractivity contribution in [2.45, 2.75) is 19.9 Å². The lowest BCUT2D eigenvalue weighted by Crippen LogP contribution is -2.51. The Morgan fingerprint density at radius 1 is 0.829 bits per heavy atom. The maximum absolute atomic E-state index is 13.5. The summed E-state index contributed by atoms with van der Waals surface area (Å²) in [6.45, 7) is 17.5. The predicted molar refractivity (Wildman–Crippen MR) is 138 cm³/mol. The highest BCUT2D eigenvalue weighted by molar-refractivity contribution is 6.07. The summed E-state index contributed by atoms with van der Waals surface area (Å²) in [5.74, 6) is 0.895. The Morgan fingerprint density at radius 2 is 1.46 bits per heavy atom. The maximum Gasteiger partial charge on any atom is 0.275 e. The number of anilines is 1. The van der Waals surface area contributed by atoms with Crippen LogP contribution in [0.2, 0.25) is 0 Å². The van der Waals surface area contributed by atoms with E-state index in [4.69, 9.17) is 4.74 Å². The summed E-state index contributed by atoms with van der Waals surface area (Å²) in [5.41, 5.74) is 0.479. The molecule has 0 bridgehead atoms. The fourth-order valence-electron chi connectivity index (χ4n) is 5.36. The van der Waals surface area contributed by atoms with E-state index in [1.165, 1.54) is 0 Å². The van der Waals surface area contributed by atoms with Crippen LogP contribution < -0.4 is 4.90 Å². The zero-order chi connectivity index (χ0) is 24.2. The third-order valence-corrected chi connectivity index (χ3v) is 7.71. The first-order valence-corrected chi connectivity index (χ1v) is 13.2. The molecule has 0 saturated carbocycles. The molecule has 9 heteroatoms. The zero-order valence-corrected chi connectivity index (χ0v) is 21.2. The lowest BCUT2D eigenvalue weighted by molar-refractivity contribution is 0.0293. The Bertz CT molecular complexity index is 994. The summed E-state index contributed by atoms with van der Waals surface area (Å²) in [5, 5.41) is 11.0. The first kappa shape index (κ1) is 24.4. The molecule has 5 rings (SSSR count). The van der Waals surface area contributed by atoms with Crippen molar-refractivity contribution < 1.29 is 9.53 Å². The number of carbonyl (C=O) groups is 1. The highest BCUT2D eigenvalue weighted by Crippen LogP contribution is 2.27. The van der Waals surface area contributed by atoms with Crippen molar-refractivity contribution in [1.29, 1.82) is 0 Å². The Kier molecular flexibility index (Phi) is 7.77. The second-order valence-corrected chi connectivity index (χ2v) is 10.1. The van der Waals surface area contributed by atoms with Gasteiger partial charge in [-0.2, -0.15) is 0 Å². The lowest BCUT2D eigenvalue weighted by Gasteiger charge is -2.38. The van der Waals surface area contributed by atoms with Crippen LogP contribution in [0.25, 0.3) is 10.8 Å². The molecule has 3 aliphatic heterocycles. The summed E-state index contributed by atoms with van der Waals surface area (Å²) in [6, 6.07) is 8.67. The van der Waals surface area contributed by atoms with Gasteiger partial charge in [0.15, 0.2) is 11.5 Å². The van der Waals surface area contributed by atoms with Crippen LogP contribution in [0.1, 0.15) is 24.3 Å². The van der Waals surface area contributed by atoms with Gasteiger partial charge in [0, 0.05) is 95.4 Å². The molecule has 1 aromatic carbocycles. The standard InChI is InChI=1S/C26H39N7O2/c1-21(2)31-13-15-32(16-14-31)25-23-6-4-3-5-22(23)24(27-28-25)26(34)33-11-9-29(10-12-33)7-8-30-17-19-35-20-18-30/h3-6,21H,7-20H2,1-2H3. The van der Waals surface area contributed by atoms with E-state index in [0.717, 1.165) is 108 Å². The summed E-state index contributed by atoms with van der Waals surface area (Å²) in [6.07, 6.45) is 0. The largest absolute Gasteiger partial charge is 0.379 e. The molecule has 2 aromatic rings. The normalized spacial score (nSPS) is 21.2. The van der Waals surface area contributed by atoms with E-state index < -0.39 is 0 Å². The number of carbonyl (C=O) groups excluding carboxylic acids is 1. The molecule has 190 valence electrons. The van der Waals surface area contributed by atoms with Crippen molar-refractivity contribution in [3.05, 3.63) is 30.0 Å². The van der Waals surface area contributed by atoms with Gasteiger partial charge in [-0.25, -0.2) is 0 Å². The first-order chi connectivity index (χ1) is 17.1. The van der Waals surface area contributed by atoms with Gasteiger partial charge >= 0.3 is 0 Å². The van der Waals surface area contributed by atoms with E-state index in [9.17, 15) is 4.79 Å². The number of hydrogen-bond donors (Lipinski definition) is 0. The average molecular weight is 482 g/mol. The molecule has 1 amide bonds. The Hall–Kier alpha value is -2.33.